The second-order valence-electron chi connectivity index (χ2n) is 5.58. The van der Waals surface area contributed by atoms with Gasteiger partial charge in [0.2, 0.25) is 16.8 Å². The van der Waals surface area contributed by atoms with Gasteiger partial charge in [0.05, 0.1) is 12.0 Å². The Kier molecular flexibility index (Phi) is 4.38. The van der Waals surface area contributed by atoms with E-state index in [1.807, 2.05) is 13.0 Å². The van der Waals surface area contributed by atoms with Gasteiger partial charge in [-0.2, -0.15) is 4.31 Å². The number of ether oxygens (including phenoxy) is 3. The fraction of sp³-hybridized carbons (Fsp3) is 0.294. The molecule has 6 nitrogen and oxygen atoms in total. The third-order valence-electron chi connectivity index (χ3n) is 3.92. The van der Waals surface area contributed by atoms with Gasteiger partial charge in [0.25, 0.3) is 0 Å². The van der Waals surface area contributed by atoms with Crippen LogP contribution in [-0.4, -0.2) is 33.7 Å². The lowest BCUT2D eigenvalue weighted by molar-refractivity contribution is 0.174. The topological polar surface area (TPSA) is 65.1 Å². The molecule has 0 atom stereocenters. The number of sulfonamides is 1. The molecule has 1 heterocycles. The van der Waals surface area contributed by atoms with Crippen LogP contribution >= 0.6 is 0 Å². The van der Waals surface area contributed by atoms with Crippen LogP contribution in [0.2, 0.25) is 0 Å². The Morgan fingerprint density at radius 2 is 1.88 bits per heavy atom. The number of hydrogen-bond donors (Lipinski definition) is 0. The van der Waals surface area contributed by atoms with Gasteiger partial charge in [-0.05, 0) is 48.4 Å². The monoisotopic (exact) mass is 349 g/mol. The molecule has 0 radical (unpaired) electrons. The maximum atomic E-state index is 12.8. The fourth-order valence-corrected chi connectivity index (χ4v) is 3.82. The lowest BCUT2D eigenvalue weighted by Gasteiger charge is -2.18. The number of fused-ring (bicyclic) bond motifs is 1. The zero-order valence-electron chi connectivity index (χ0n) is 13.8. The lowest BCUT2D eigenvalue weighted by Crippen LogP contribution is -2.26. The summed E-state index contributed by atoms with van der Waals surface area (Å²) in [5.41, 5.74) is 1.60. The molecule has 1 aliphatic heterocycles. The van der Waals surface area contributed by atoms with Crippen molar-refractivity contribution < 1.29 is 22.6 Å². The molecule has 7 heteroatoms. The van der Waals surface area contributed by atoms with E-state index in [-0.39, 0.29) is 18.2 Å². The van der Waals surface area contributed by atoms with Crippen molar-refractivity contribution >= 4 is 10.0 Å². The van der Waals surface area contributed by atoms with E-state index in [0.29, 0.717) is 17.2 Å². The Bertz CT molecular complexity index is 863. The second kappa shape index (κ2) is 6.33. The highest BCUT2D eigenvalue weighted by Crippen LogP contribution is 2.33. The second-order valence-corrected chi connectivity index (χ2v) is 7.63. The predicted molar refractivity (Wildman–Crippen MR) is 88.9 cm³/mol. The van der Waals surface area contributed by atoms with Crippen molar-refractivity contribution in [3.63, 3.8) is 0 Å². The Balaban J connectivity index is 1.83. The zero-order valence-corrected chi connectivity index (χ0v) is 14.6. The normalized spacial score (nSPS) is 13.3. The van der Waals surface area contributed by atoms with Crippen molar-refractivity contribution in [1.82, 2.24) is 4.31 Å². The van der Waals surface area contributed by atoms with E-state index in [4.69, 9.17) is 14.2 Å². The molecule has 0 bridgehead atoms. The molecule has 0 amide bonds. The Morgan fingerprint density at radius 1 is 1.12 bits per heavy atom. The Labute approximate surface area is 141 Å². The summed E-state index contributed by atoms with van der Waals surface area (Å²) in [6, 6.07) is 10.3. The van der Waals surface area contributed by atoms with E-state index in [2.05, 4.69) is 0 Å². The van der Waals surface area contributed by atoms with Gasteiger partial charge in [-0.25, -0.2) is 8.42 Å². The maximum absolute atomic E-state index is 12.8. The van der Waals surface area contributed by atoms with Crippen LogP contribution < -0.4 is 14.2 Å². The summed E-state index contributed by atoms with van der Waals surface area (Å²) >= 11 is 0. The van der Waals surface area contributed by atoms with Crippen LogP contribution in [0.4, 0.5) is 0 Å². The largest absolute Gasteiger partial charge is 0.496 e. The first kappa shape index (κ1) is 16.6. The van der Waals surface area contributed by atoms with Crippen molar-refractivity contribution in [2.75, 3.05) is 21.0 Å². The molecule has 0 aromatic heterocycles. The summed E-state index contributed by atoms with van der Waals surface area (Å²) in [6.07, 6.45) is 0. The number of hydrogen-bond acceptors (Lipinski definition) is 5. The average Bonchev–Trinajstić information content (AvgIpc) is 3.02. The van der Waals surface area contributed by atoms with E-state index >= 15 is 0 Å². The molecule has 24 heavy (non-hydrogen) atoms. The van der Waals surface area contributed by atoms with E-state index in [1.54, 1.807) is 44.5 Å². The first-order valence-electron chi connectivity index (χ1n) is 7.41. The lowest BCUT2D eigenvalue weighted by atomic mass is 10.2. The van der Waals surface area contributed by atoms with Gasteiger partial charge in [0, 0.05) is 13.6 Å². The quantitative estimate of drug-likeness (QED) is 0.830. The minimum Gasteiger partial charge on any atom is -0.496 e. The third-order valence-corrected chi connectivity index (χ3v) is 5.72. The highest BCUT2D eigenvalue weighted by atomic mass is 32.2. The summed E-state index contributed by atoms with van der Waals surface area (Å²) in [5, 5.41) is 0. The van der Waals surface area contributed by atoms with Crippen LogP contribution in [0.1, 0.15) is 11.1 Å². The molecule has 0 spiro atoms. The number of nitrogens with zero attached hydrogens (tertiary/aromatic N) is 1. The summed E-state index contributed by atoms with van der Waals surface area (Å²) in [6.45, 7) is 2.25. The number of aryl methyl sites for hydroxylation is 1. The van der Waals surface area contributed by atoms with E-state index in [9.17, 15) is 8.42 Å². The van der Waals surface area contributed by atoms with E-state index < -0.39 is 10.0 Å². The van der Waals surface area contributed by atoms with Gasteiger partial charge >= 0.3 is 0 Å². The van der Waals surface area contributed by atoms with Gasteiger partial charge < -0.3 is 14.2 Å². The van der Waals surface area contributed by atoms with Crippen molar-refractivity contribution in [3.8, 4) is 17.2 Å². The molecule has 0 saturated heterocycles. The minimum atomic E-state index is -3.59. The predicted octanol–water partition coefficient (Wildman–Crippen LogP) is 2.55. The minimum absolute atomic E-state index is 0.193. The number of methoxy groups -OCH3 is 1. The van der Waals surface area contributed by atoms with Gasteiger partial charge in [0.1, 0.15) is 5.75 Å². The van der Waals surface area contributed by atoms with Crippen LogP contribution in [-0.2, 0) is 16.6 Å². The van der Waals surface area contributed by atoms with Crippen molar-refractivity contribution in [2.45, 2.75) is 18.4 Å². The Morgan fingerprint density at radius 3 is 2.58 bits per heavy atom. The first-order valence-corrected chi connectivity index (χ1v) is 8.85. The number of rotatable bonds is 5. The first-order chi connectivity index (χ1) is 11.4. The third kappa shape index (κ3) is 3.05. The van der Waals surface area contributed by atoms with Gasteiger partial charge in [-0.1, -0.05) is 6.07 Å². The molecule has 0 saturated carbocycles. The highest BCUT2D eigenvalue weighted by Gasteiger charge is 2.23. The van der Waals surface area contributed by atoms with Gasteiger partial charge in [0.15, 0.2) is 11.5 Å². The molecule has 1 aliphatic rings. The Hall–Kier alpha value is -2.25. The van der Waals surface area contributed by atoms with Crippen LogP contribution in [0.5, 0.6) is 17.2 Å². The summed E-state index contributed by atoms with van der Waals surface area (Å²) in [5.74, 6) is 1.97. The molecule has 0 unspecified atom stereocenters. The summed E-state index contributed by atoms with van der Waals surface area (Å²) in [7, 11) is -0.480. The average molecular weight is 349 g/mol. The zero-order chi connectivity index (χ0) is 17.3. The summed E-state index contributed by atoms with van der Waals surface area (Å²) < 4.78 is 42.6. The molecule has 0 fully saturated rings. The maximum Gasteiger partial charge on any atom is 0.243 e. The van der Waals surface area contributed by atoms with Crippen LogP contribution in [0.3, 0.4) is 0 Å². The molecule has 2 aromatic rings. The standard InChI is InChI=1S/C17H19NO5S/c1-12-8-14(5-7-15(12)21-3)24(19,20)18(2)10-13-4-6-16-17(9-13)23-11-22-16/h4-9H,10-11H2,1-3H3. The smallest absolute Gasteiger partial charge is 0.243 e. The van der Waals surface area contributed by atoms with Crippen LogP contribution in [0, 0.1) is 6.92 Å². The SMILES string of the molecule is COc1ccc(S(=O)(=O)N(C)Cc2ccc3c(c2)OCO3)cc1C. The molecule has 3 rings (SSSR count). The molecule has 2 aromatic carbocycles. The molecule has 0 aliphatic carbocycles. The molecular weight excluding hydrogens is 330 g/mol. The summed E-state index contributed by atoms with van der Waals surface area (Å²) in [4.78, 5) is 0.240. The van der Waals surface area contributed by atoms with Crippen molar-refractivity contribution in [2.24, 2.45) is 0 Å². The van der Waals surface area contributed by atoms with Crippen molar-refractivity contribution in [1.29, 1.82) is 0 Å². The highest BCUT2D eigenvalue weighted by molar-refractivity contribution is 7.89. The molecule has 128 valence electrons. The van der Waals surface area contributed by atoms with Gasteiger partial charge in [-0.15, -0.1) is 0 Å². The van der Waals surface area contributed by atoms with Crippen LogP contribution in [0.15, 0.2) is 41.3 Å². The van der Waals surface area contributed by atoms with Crippen LogP contribution in [0.25, 0.3) is 0 Å². The van der Waals surface area contributed by atoms with E-state index in [0.717, 1.165) is 11.1 Å². The van der Waals surface area contributed by atoms with Gasteiger partial charge in [-0.3, -0.25) is 0 Å². The fourth-order valence-electron chi connectivity index (χ4n) is 2.57. The molecular formula is C17H19NO5S. The van der Waals surface area contributed by atoms with E-state index in [1.165, 1.54) is 4.31 Å². The number of benzene rings is 2. The molecule has 0 N–H and O–H groups in total. The van der Waals surface area contributed by atoms with Crippen molar-refractivity contribution in [3.05, 3.63) is 47.5 Å².